The Morgan fingerprint density at radius 1 is 0.472 bits per heavy atom. The molecule has 0 radical (unpaired) electrons. The molecule has 8 aromatic rings. The minimum absolute atomic E-state index is 1.20. The minimum Gasteiger partial charge on any atom is -0.308 e. The van der Waals surface area contributed by atoms with E-state index in [2.05, 4.69) is 132 Å². The van der Waals surface area contributed by atoms with Gasteiger partial charge in [0.25, 0.3) is 0 Å². The third-order valence-corrected chi connectivity index (χ3v) is 8.64. The quantitative estimate of drug-likeness (QED) is 0.234. The molecule has 168 valence electrons. The zero-order valence-corrected chi connectivity index (χ0v) is 20.3. The Hall–Kier alpha value is -4.40. The number of fused-ring (bicyclic) bond motifs is 8. The molecule has 0 saturated heterocycles. The van der Waals surface area contributed by atoms with Crippen LogP contribution < -0.4 is 0 Å². The van der Waals surface area contributed by atoms with Gasteiger partial charge in [0.05, 0.1) is 15.7 Å². The van der Waals surface area contributed by atoms with Crippen molar-refractivity contribution in [3.63, 3.8) is 0 Å². The Morgan fingerprint density at radius 2 is 1.19 bits per heavy atom. The summed E-state index contributed by atoms with van der Waals surface area (Å²) in [7, 11) is 0. The van der Waals surface area contributed by atoms with Crippen LogP contribution in [0.3, 0.4) is 0 Å². The number of rotatable bonds is 2. The number of nitrogens with zero attached hydrogens (tertiary/aromatic N) is 1. The molecule has 0 saturated carbocycles. The van der Waals surface area contributed by atoms with E-state index >= 15 is 0 Å². The van der Waals surface area contributed by atoms with Gasteiger partial charge in [-0.25, -0.2) is 0 Å². The number of hydrogen-bond donors (Lipinski definition) is 0. The highest BCUT2D eigenvalue weighted by Crippen LogP contribution is 2.45. The number of para-hydroxylation sites is 2. The average Bonchev–Trinajstić information content (AvgIpc) is 3.49. The Balaban J connectivity index is 1.50. The van der Waals surface area contributed by atoms with Crippen molar-refractivity contribution in [2.24, 2.45) is 0 Å². The molecule has 6 aromatic carbocycles. The molecule has 0 unspecified atom stereocenters. The van der Waals surface area contributed by atoms with E-state index in [0.29, 0.717) is 0 Å². The first kappa shape index (κ1) is 19.9. The minimum atomic E-state index is 1.20. The Morgan fingerprint density at radius 3 is 2.11 bits per heavy atom. The third-order valence-electron chi connectivity index (χ3n) is 7.37. The predicted octanol–water partition coefficient (Wildman–Crippen LogP) is 9.97. The fourth-order valence-electron chi connectivity index (χ4n) is 5.73. The van der Waals surface area contributed by atoms with Crippen molar-refractivity contribution in [1.82, 2.24) is 4.57 Å². The van der Waals surface area contributed by atoms with Crippen LogP contribution in [0.15, 0.2) is 127 Å². The molecule has 0 spiro atoms. The summed E-state index contributed by atoms with van der Waals surface area (Å²) in [5, 5.41) is 7.81. The van der Waals surface area contributed by atoms with Gasteiger partial charge in [0.2, 0.25) is 0 Å². The van der Waals surface area contributed by atoms with Gasteiger partial charge in [0.15, 0.2) is 0 Å². The number of benzene rings is 6. The van der Waals surface area contributed by atoms with Gasteiger partial charge in [-0.3, -0.25) is 0 Å². The van der Waals surface area contributed by atoms with Crippen LogP contribution in [0, 0.1) is 0 Å². The molecule has 8 rings (SSSR count). The molecule has 36 heavy (non-hydrogen) atoms. The van der Waals surface area contributed by atoms with Crippen molar-refractivity contribution < 1.29 is 0 Å². The Bertz CT molecular complexity index is 2090. The van der Waals surface area contributed by atoms with Crippen LogP contribution >= 0.6 is 11.3 Å². The number of hydrogen-bond acceptors (Lipinski definition) is 1. The Kier molecular flexibility index (Phi) is 4.16. The maximum Gasteiger partial charge on any atom is 0.0719 e. The molecule has 0 amide bonds. The van der Waals surface area contributed by atoms with E-state index in [-0.39, 0.29) is 0 Å². The first-order valence-electron chi connectivity index (χ1n) is 12.3. The fourth-order valence-corrected chi connectivity index (χ4v) is 7.11. The third kappa shape index (κ3) is 2.76. The topological polar surface area (TPSA) is 4.93 Å². The molecule has 0 N–H and O–H groups in total. The van der Waals surface area contributed by atoms with E-state index in [1.165, 1.54) is 69.6 Å². The lowest BCUT2D eigenvalue weighted by atomic mass is 9.99. The van der Waals surface area contributed by atoms with Gasteiger partial charge in [0.1, 0.15) is 0 Å². The summed E-state index contributed by atoms with van der Waals surface area (Å²) in [6.07, 6.45) is 0. The molecule has 2 heterocycles. The van der Waals surface area contributed by atoms with E-state index in [0.717, 1.165) is 0 Å². The molecular formula is C34H21NS. The van der Waals surface area contributed by atoms with Crippen molar-refractivity contribution in [2.75, 3.05) is 0 Å². The first-order valence-corrected chi connectivity index (χ1v) is 13.1. The van der Waals surface area contributed by atoms with Crippen LogP contribution in [0.2, 0.25) is 0 Å². The van der Waals surface area contributed by atoms with Crippen molar-refractivity contribution in [2.45, 2.75) is 0 Å². The monoisotopic (exact) mass is 475 g/mol. The summed E-state index contributed by atoms with van der Waals surface area (Å²) < 4.78 is 5.13. The van der Waals surface area contributed by atoms with E-state index in [1.807, 2.05) is 11.3 Å². The molecular weight excluding hydrogens is 454 g/mol. The second kappa shape index (κ2) is 7.55. The van der Waals surface area contributed by atoms with E-state index < -0.39 is 0 Å². The normalized spacial score (nSPS) is 11.9. The fraction of sp³-hybridized carbons (Fsp3) is 0. The van der Waals surface area contributed by atoms with Crippen LogP contribution in [0.1, 0.15) is 0 Å². The maximum atomic E-state index is 2.44. The zero-order chi connectivity index (χ0) is 23.6. The second-order valence-corrected chi connectivity index (χ2v) is 10.4. The highest BCUT2D eigenvalue weighted by atomic mass is 32.1. The van der Waals surface area contributed by atoms with Crippen LogP contribution in [0.4, 0.5) is 0 Å². The second-order valence-electron chi connectivity index (χ2n) is 9.37. The highest BCUT2D eigenvalue weighted by Gasteiger charge is 2.18. The maximum absolute atomic E-state index is 2.44. The van der Waals surface area contributed by atoms with Gasteiger partial charge in [-0.1, -0.05) is 103 Å². The summed E-state index contributed by atoms with van der Waals surface area (Å²) in [4.78, 5) is 0. The summed E-state index contributed by atoms with van der Waals surface area (Å²) >= 11 is 1.92. The van der Waals surface area contributed by atoms with Crippen molar-refractivity contribution in [1.29, 1.82) is 0 Å². The molecule has 1 nitrogen and oxygen atoms in total. The van der Waals surface area contributed by atoms with E-state index in [9.17, 15) is 0 Å². The molecule has 0 bridgehead atoms. The Labute approximate surface area is 212 Å². The highest BCUT2D eigenvalue weighted by molar-refractivity contribution is 7.27. The van der Waals surface area contributed by atoms with Gasteiger partial charge < -0.3 is 4.57 Å². The summed E-state index contributed by atoms with van der Waals surface area (Å²) in [6.45, 7) is 0. The van der Waals surface area contributed by atoms with Crippen LogP contribution in [-0.4, -0.2) is 4.57 Å². The zero-order valence-electron chi connectivity index (χ0n) is 19.5. The molecule has 0 fully saturated rings. The summed E-state index contributed by atoms with van der Waals surface area (Å²) in [6, 6.07) is 46.3. The lowest BCUT2D eigenvalue weighted by molar-refractivity contribution is 1.19. The van der Waals surface area contributed by atoms with Crippen molar-refractivity contribution >= 4 is 64.1 Å². The van der Waals surface area contributed by atoms with Crippen LogP contribution in [-0.2, 0) is 0 Å². The van der Waals surface area contributed by atoms with E-state index in [4.69, 9.17) is 0 Å². The van der Waals surface area contributed by atoms with Crippen molar-refractivity contribution in [3.8, 4) is 16.8 Å². The first-order chi connectivity index (χ1) is 17.9. The molecule has 2 aromatic heterocycles. The molecule has 0 aliphatic carbocycles. The van der Waals surface area contributed by atoms with Gasteiger partial charge in [-0.15, -0.1) is 11.3 Å². The summed E-state index contributed by atoms with van der Waals surface area (Å²) in [5.74, 6) is 0. The van der Waals surface area contributed by atoms with Crippen LogP contribution in [0.5, 0.6) is 0 Å². The van der Waals surface area contributed by atoms with Crippen molar-refractivity contribution in [3.05, 3.63) is 127 Å². The van der Waals surface area contributed by atoms with E-state index in [1.54, 1.807) is 0 Å². The largest absolute Gasteiger partial charge is 0.308 e. The molecule has 0 aliphatic heterocycles. The lowest BCUT2D eigenvalue weighted by Gasteiger charge is -2.08. The molecule has 0 atom stereocenters. The van der Waals surface area contributed by atoms with Gasteiger partial charge in [-0.2, -0.15) is 0 Å². The predicted molar refractivity (Wildman–Crippen MR) is 157 cm³/mol. The van der Waals surface area contributed by atoms with Gasteiger partial charge in [0, 0.05) is 31.9 Å². The van der Waals surface area contributed by atoms with Gasteiger partial charge >= 0.3 is 0 Å². The van der Waals surface area contributed by atoms with Crippen LogP contribution in [0.25, 0.3) is 69.6 Å². The number of thiophene rings is 1. The van der Waals surface area contributed by atoms with Gasteiger partial charge in [-0.05, 0) is 46.2 Å². The molecule has 0 aliphatic rings. The standard InChI is InChI=1S/C34H21NS/c1-2-11-25(12-3-1)35-31-16-7-6-13-27(31)28-19-20-30-29-15-8-14-26(33(29)36-34(30)32(28)35)24-18-17-22-9-4-5-10-23(22)21-24/h1-21H. The lowest BCUT2D eigenvalue weighted by Crippen LogP contribution is -1.92. The SMILES string of the molecule is c1ccc(-n2c3ccccc3c3ccc4c5cccc(-c6ccc7ccccc7c6)c5sc4c32)cc1. The summed E-state index contributed by atoms with van der Waals surface area (Å²) in [5.41, 5.74) is 6.31. The average molecular weight is 476 g/mol. The smallest absolute Gasteiger partial charge is 0.0719 e. The number of aromatic nitrogens is 1. The molecule has 2 heteroatoms.